The average molecular weight is 1010 g/mol. The molecule has 1 rings (SSSR count). The number of ketones is 1. The summed E-state index contributed by atoms with van der Waals surface area (Å²) in [5.74, 6) is -14.9. The van der Waals surface area contributed by atoms with Crippen LogP contribution in [0.25, 0.3) is 0 Å². The van der Waals surface area contributed by atoms with Crippen LogP contribution in [-0.2, 0) is 59.2 Å². The monoisotopic (exact) mass is 1010 g/mol. The molecule has 0 aliphatic rings. The van der Waals surface area contributed by atoms with Gasteiger partial charge in [-0.1, -0.05) is 86.6 Å². The number of halogens is 3. The van der Waals surface area contributed by atoms with Crippen LogP contribution in [0.5, 0.6) is 0 Å². The molecule has 71 heavy (non-hydrogen) atoms. The van der Waals surface area contributed by atoms with Crippen molar-refractivity contribution in [1.29, 1.82) is 0 Å². The zero-order valence-electron chi connectivity index (χ0n) is 41.7. The summed E-state index contributed by atoms with van der Waals surface area (Å²) in [4.78, 5) is 143. The predicted octanol–water partition coefficient (Wildman–Crippen LogP) is 2.06. The fraction of sp³-hybridized carbons (Fsp3) is 0.638. The molecule has 1 aromatic carbocycles. The highest BCUT2D eigenvalue weighted by Gasteiger charge is 2.42. The highest BCUT2D eigenvalue weighted by atomic mass is 19.4. The standard InChI is InChI=1S/C47H70F3N7O14/c1-23(2)19-29(41(67)55-32(22-47(48,49)50)38(65)44(70)56-37(24(3)4)25(5)6)54-45(71)39(46(8,9)10)57-43(69)30(20-27-14-12-11-13-26(27)7)53-40(66)28(15-17-34(59)60)52-42(68)31(21-36(63)64)51-33(58)16-18-35(61)62/h11-14,23-25,28-32,37,39H,15-22H2,1-10H3,(H,51,58)(H,52,68)(H,53,66)(H,54,71)(H,55,67)(H,56,70)(H,57,69)(H,59,60)(H,61,62)(H,63,64)/t28-,29-,30-,31-,32-,39+/m0/s1. The molecule has 0 bridgehead atoms. The van der Waals surface area contributed by atoms with Crippen molar-refractivity contribution in [1.82, 2.24) is 37.2 Å². The first-order chi connectivity index (χ1) is 32.6. The number of hydrogen-bond acceptors (Lipinski definition) is 11. The zero-order valence-corrected chi connectivity index (χ0v) is 41.7. The van der Waals surface area contributed by atoms with Crippen molar-refractivity contribution in [2.45, 2.75) is 169 Å². The van der Waals surface area contributed by atoms with E-state index >= 15 is 0 Å². The molecule has 0 aliphatic carbocycles. The molecule has 0 saturated heterocycles. The third-order valence-corrected chi connectivity index (χ3v) is 11.0. The average Bonchev–Trinajstić information content (AvgIpc) is 3.22. The van der Waals surface area contributed by atoms with Crippen LogP contribution >= 0.6 is 0 Å². The number of amides is 7. The summed E-state index contributed by atoms with van der Waals surface area (Å²) in [6.45, 7) is 16.5. The predicted molar refractivity (Wildman–Crippen MR) is 249 cm³/mol. The smallest absolute Gasteiger partial charge is 0.391 e. The van der Waals surface area contributed by atoms with Gasteiger partial charge >= 0.3 is 24.1 Å². The number of nitrogens with one attached hydrogen (secondary N) is 7. The first-order valence-electron chi connectivity index (χ1n) is 23.1. The van der Waals surface area contributed by atoms with E-state index in [1.165, 1.54) is 20.8 Å². The molecule has 0 saturated carbocycles. The topological polar surface area (TPSA) is 333 Å². The van der Waals surface area contributed by atoms with Gasteiger partial charge < -0.3 is 52.5 Å². The minimum Gasteiger partial charge on any atom is -0.481 e. The number of carboxylic acid groups (broad SMARTS) is 3. The van der Waals surface area contributed by atoms with Gasteiger partial charge in [-0.25, -0.2) is 0 Å². The Morgan fingerprint density at radius 3 is 1.55 bits per heavy atom. The van der Waals surface area contributed by atoms with Gasteiger partial charge in [-0.2, -0.15) is 13.2 Å². The summed E-state index contributed by atoms with van der Waals surface area (Å²) in [5, 5.41) is 44.0. The fourth-order valence-corrected chi connectivity index (χ4v) is 7.29. The Morgan fingerprint density at radius 1 is 0.563 bits per heavy atom. The van der Waals surface area contributed by atoms with Gasteiger partial charge in [-0.3, -0.25) is 52.7 Å². The maximum absolute atomic E-state index is 14.4. The molecular weight excluding hydrogens is 944 g/mol. The van der Waals surface area contributed by atoms with E-state index in [0.717, 1.165) is 0 Å². The molecule has 0 heterocycles. The second kappa shape index (κ2) is 28.3. The van der Waals surface area contributed by atoms with Gasteiger partial charge in [0.1, 0.15) is 36.3 Å². The fourth-order valence-electron chi connectivity index (χ4n) is 7.29. The van der Waals surface area contributed by atoms with Crippen LogP contribution in [0.2, 0.25) is 0 Å². The van der Waals surface area contributed by atoms with Gasteiger partial charge in [0.2, 0.25) is 41.2 Å². The lowest BCUT2D eigenvalue weighted by atomic mass is 9.85. The molecule has 10 N–H and O–H groups in total. The Morgan fingerprint density at radius 2 is 1.06 bits per heavy atom. The van der Waals surface area contributed by atoms with Crippen LogP contribution < -0.4 is 37.2 Å². The molecule has 21 nitrogen and oxygen atoms in total. The Labute approximate surface area is 410 Å². The van der Waals surface area contributed by atoms with Gasteiger partial charge in [0.05, 0.1) is 19.3 Å². The molecule has 6 atom stereocenters. The van der Waals surface area contributed by atoms with Gasteiger partial charge in [0, 0.05) is 25.3 Å². The van der Waals surface area contributed by atoms with Crippen molar-refractivity contribution in [2.24, 2.45) is 23.2 Å². The van der Waals surface area contributed by atoms with Crippen molar-refractivity contribution in [3.8, 4) is 0 Å². The number of carbonyl (C=O) groups is 11. The third-order valence-electron chi connectivity index (χ3n) is 11.0. The van der Waals surface area contributed by atoms with Crippen LogP contribution in [0, 0.1) is 30.1 Å². The third kappa shape index (κ3) is 23.2. The molecule has 0 radical (unpaired) electrons. The normalized spacial score (nSPS) is 14.3. The Bertz CT molecular complexity index is 2080. The van der Waals surface area contributed by atoms with E-state index in [0.29, 0.717) is 11.1 Å². The minimum absolute atomic E-state index is 0.195. The molecule has 1 aromatic rings. The van der Waals surface area contributed by atoms with Crippen LogP contribution in [0.1, 0.15) is 118 Å². The number of Topliss-reactive ketones (excluding diaryl/α,β-unsaturated/α-hetero) is 1. The maximum atomic E-state index is 14.4. The summed E-state index contributed by atoms with van der Waals surface area (Å²) >= 11 is 0. The molecule has 0 unspecified atom stereocenters. The highest BCUT2D eigenvalue weighted by molar-refractivity contribution is 6.38. The maximum Gasteiger partial charge on any atom is 0.391 e. The Kier molecular flexibility index (Phi) is 24.9. The molecule has 24 heteroatoms. The number of carboxylic acids is 3. The van der Waals surface area contributed by atoms with Crippen LogP contribution in [0.15, 0.2) is 24.3 Å². The van der Waals surface area contributed by atoms with E-state index in [4.69, 9.17) is 5.11 Å². The van der Waals surface area contributed by atoms with Crippen molar-refractivity contribution in [3.63, 3.8) is 0 Å². The van der Waals surface area contributed by atoms with E-state index in [2.05, 4.69) is 31.9 Å². The Hall–Kier alpha value is -6.62. The second-order valence-corrected chi connectivity index (χ2v) is 19.5. The van der Waals surface area contributed by atoms with Gasteiger partial charge in [0.15, 0.2) is 0 Å². The zero-order chi connectivity index (χ0) is 54.7. The van der Waals surface area contributed by atoms with Crippen molar-refractivity contribution in [3.05, 3.63) is 35.4 Å². The summed E-state index contributed by atoms with van der Waals surface area (Å²) < 4.78 is 41.5. The lowest BCUT2D eigenvalue weighted by Crippen LogP contribution is -2.62. The van der Waals surface area contributed by atoms with Crippen molar-refractivity contribution in [2.75, 3.05) is 0 Å². The number of alkyl halides is 3. The number of aliphatic carboxylic acids is 3. The van der Waals surface area contributed by atoms with E-state index < -0.39 is 163 Å². The van der Waals surface area contributed by atoms with E-state index in [9.17, 15) is 76.1 Å². The highest BCUT2D eigenvalue weighted by Crippen LogP contribution is 2.24. The lowest BCUT2D eigenvalue weighted by Gasteiger charge is -2.34. The number of hydrogen-bond donors (Lipinski definition) is 10. The second-order valence-electron chi connectivity index (χ2n) is 19.5. The molecule has 0 aliphatic heterocycles. The van der Waals surface area contributed by atoms with Gasteiger partial charge in [-0.15, -0.1) is 0 Å². The van der Waals surface area contributed by atoms with Gasteiger partial charge in [-0.05, 0) is 54.1 Å². The van der Waals surface area contributed by atoms with Crippen molar-refractivity contribution < 1.29 is 81.2 Å². The molecule has 398 valence electrons. The number of aryl methyl sites for hydroxylation is 1. The van der Waals surface area contributed by atoms with Crippen LogP contribution in [-0.4, -0.2) is 129 Å². The largest absolute Gasteiger partial charge is 0.481 e. The SMILES string of the molecule is Cc1ccccc1C[C@H](NC(=O)[C@H](CCC(=O)O)NC(=O)[C@H](CC(=O)O)NC(=O)CCC(=O)O)C(=O)N[C@H](C(=O)N[C@@H](CC(C)C)C(=O)N[C@@H](CC(F)(F)F)C(=O)C(=O)NC(C(C)C)C(C)C)C(C)(C)C. The van der Waals surface area contributed by atoms with E-state index in [-0.39, 0.29) is 24.7 Å². The molecule has 0 spiro atoms. The minimum atomic E-state index is -5.03. The van der Waals surface area contributed by atoms with E-state index in [1.807, 2.05) is 5.32 Å². The summed E-state index contributed by atoms with van der Waals surface area (Å²) in [6, 6.07) is -4.82. The molecule has 7 amide bonds. The molecule has 0 aromatic heterocycles. The number of rotatable bonds is 29. The first-order valence-corrected chi connectivity index (χ1v) is 23.1. The van der Waals surface area contributed by atoms with E-state index in [1.54, 1.807) is 72.7 Å². The molecular formula is C47H70F3N7O14. The summed E-state index contributed by atoms with van der Waals surface area (Å²) in [5.41, 5.74) is -0.0776. The van der Waals surface area contributed by atoms with Crippen LogP contribution in [0.4, 0.5) is 13.2 Å². The van der Waals surface area contributed by atoms with Crippen molar-refractivity contribution >= 4 is 65.0 Å². The lowest BCUT2D eigenvalue weighted by molar-refractivity contribution is -0.154. The Balaban J connectivity index is 3.66. The van der Waals surface area contributed by atoms with Gasteiger partial charge in [0.25, 0.3) is 5.91 Å². The molecule has 0 fully saturated rings. The first kappa shape index (κ1) is 62.4. The quantitative estimate of drug-likeness (QED) is 0.0514. The number of carbonyl (C=O) groups excluding carboxylic acids is 8. The summed E-state index contributed by atoms with van der Waals surface area (Å²) in [7, 11) is 0. The number of benzene rings is 1. The van der Waals surface area contributed by atoms with Crippen LogP contribution in [0.3, 0.4) is 0 Å². The summed E-state index contributed by atoms with van der Waals surface area (Å²) in [6.07, 6.45) is -11.1.